The molecule has 26 heavy (non-hydrogen) atoms. The highest BCUT2D eigenvalue weighted by Gasteiger charge is 2.50. The summed E-state index contributed by atoms with van der Waals surface area (Å²) in [6.45, 7) is 16.5. The van der Waals surface area contributed by atoms with Crippen molar-refractivity contribution in [2.75, 3.05) is 6.54 Å². The normalized spacial score (nSPS) is 29.6. The van der Waals surface area contributed by atoms with Crippen LogP contribution in [0.4, 0.5) is 0 Å². The number of nitrogens with zero attached hydrogens (tertiary/aromatic N) is 1. The quantitative estimate of drug-likeness (QED) is 0.655. The zero-order valence-corrected chi connectivity index (χ0v) is 19.0. The average Bonchev–Trinajstić information content (AvgIpc) is 3.03. The summed E-state index contributed by atoms with van der Waals surface area (Å²) in [5.41, 5.74) is 0. The van der Waals surface area contributed by atoms with Gasteiger partial charge >= 0.3 is 0 Å². The number of piperidine rings is 1. The summed E-state index contributed by atoms with van der Waals surface area (Å²) in [5, 5.41) is 11.1. The van der Waals surface area contributed by atoms with Crippen LogP contribution in [0.2, 0.25) is 18.1 Å². The van der Waals surface area contributed by atoms with Crippen LogP contribution in [-0.4, -0.2) is 49.0 Å². The summed E-state index contributed by atoms with van der Waals surface area (Å²) in [5.74, 6) is 0.0287. The lowest BCUT2D eigenvalue weighted by atomic mass is 9.80. The molecule has 0 aromatic heterocycles. The second-order valence-electron chi connectivity index (χ2n) is 10.1. The van der Waals surface area contributed by atoms with Gasteiger partial charge in [-0.1, -0.05) is 47.5 Å². The van der Waals surface area contributed by atoms with Crippen LogP contribution >= 0.6 is 0 Å². The van der Waals surface area contributed by atoms with Crippen LogP contribution < -0.4 is 0 Å². The van der Waals surface area contributed by atoms with Crippen molar-refractivity contribution in [2.45, 2.75) is 110 Å². The maximum atomic E-state index is 13.1. The standard InChI is InChI=1S/C21H41NO3Si/c1-8-9-11-15(2)19(23)16-14-18(25-26(6,7)21(3,4)5)17-12-10-13-22(17)20(16)24/h15-19,23H,8-14H2,1-7H3/t15-,16+,17+,18-,19+/m1/s1. The van der Waals surface area contributed by atoms with Gasteiger partial charge in [-0.3, -0.25) is 4.79 Å². The summed E-state index contributed by atoms with van der Waals surface area (Å²) in [7, 11) is -1.91. The highest BCUT2D eigenvalue weighted by atomic mass is 28.4. The fraction of sp³-hybridized carbons (Fsp3) is 0.952. The van der Waals surface area contributed by atoms with Crippen molar-refractivity contribution in [3.05, 3.63) is 0 Å². The predicted molar refractivity (Wildman–Crippen MR) is 110 cm³/mol. The Kier molecular flexibility index (Phi) is 7.01. The number of rotatable bonds is 7. The molecule has 2 heterocycles. The minimum Gasteiger partial charge on any atom is -0.412 e. The van der Waals surface area contributed by atoms with E-state index in [1.165, 1.54) is 0 Å². The highest BCUT2D eigenvalue weighted by molar-refractivity contribution is 6.74. The molecule has 0 aromatic rings. The van der Waals surface area contributed by atoms with E-state index < -0.39 is 14.4 Å². The monoisotopic (exact) mass is 383 g/mol. The van der Waals surface area contributed by atoms with Gasteiger partial charge in [0, 0.05) is 6.54 Å². The first kappa shape index (κ1) is 21.9. The Morgan fingerprint density at radius 3 is 2.58 bits per heavy atom. The Bertz CT molecular complexity index is 488. The van der Waals surface area contributed by atoms with Crippen LogP contribution in [0.1, 0.15) is 73.1 Å². The number of carbonyl (C=O) groups excluding carboxylic acids is 1. The predicted octanol–water partition coefficient (Wildman–Crippen LogP) is 4.57. The van der Waals surface area contributed by atoms with Gasteiger partial charge in [-0.25, -0.2) is 0 Å². The molecule has 1 amide bonds. The van der Waals surface area contributed by atoms with E-state index in [9.17, 15) is 9.90 Å². The molecule has 0 spiro atoms. The third-order valence-electron chi connectivity index (χ3n) is 7.08. The molecular weight excluding hydrogens is 342 g/mol. The highest BCUT2D eigenvalue weighted by Crippen LogP contribution is 2.42. The SMILES string of the molecule is CCCC[C@@H](C)[C@H](O)[C@@H]1C[C@@H](O[Si](C)(C)C(C)(C)C)[C@@H]2CCCN2C1=O. The van der Waals surface area contributed by atoms with Gasteiger partial charge in [-0.15, -0.1) is 0 Å². The number of amides is 1. The first-order valence-electron chi connectivity index (χ1n) is 10.7. The fourth-order valence-corrected chi connectivity index (χ4v) is 5.60. The van der Waals surface area contributed by atoms with Gasteiger partial charge in [-0.05, 0) is 49.7 Å². The van der Waals surface area contributed by atoms with Gasteiger partial charge in [0.05, 0.1) is 24.2 Å². The van der Waals surface area contributed by atoms with Crippen LogP contribution in [0.25, 0.3) is 0 Å². The first-order chi connectivity index (χ1) is 12.0. The second-order valence-corrected chi connectivity index (χ2v) is 14.9. The summed E-state index contributed by atoms with van der Waals surface area (Å²) < 4.78 is 6.78. The molecule has 0 radical (unpaired) electrons. The molecule has 0 unspecified atom stereocenters. The van der Waals surface area contributed by atoms with E-state index in [1.807, 2.05) is 4.90 Å². The number of carbonyl (C=O) groups is 1. The van der Waals surface area contributed by atoms with Crippen molar-refractivity contribution in [2.24, 2.45) is 11.8 Å². The Balaban J connectivity index is 2.17. The molecule has 2 saturated heterocycles. The van der Waals surface area contributed by atoms with E-state index in [0.717, 1.165) is 38.6 Å². The van der Waals surface area contributed by atoms with Crippen LogP contribution in [0.5, 0.6) is 0 Å². The lowest BCUT2D eigenvalue weighted by Crippen LogP contribution is -2.59. The topological polar surface area (TPSA) is 49.8 Å². The smallest absolute Gasteiger partial charge is 0.228 e. The second kappa shape index (κ2) is 8.32. The molecule has 2 fully saturated rings. The molecule has 4 nitrogen and oxygen atoms in total. The lowest BCUT2D eigenvalue weighted by Gasteiger charge is -2.47. The van der Waals surface area contributed by atoms with E-state index in [2.05, 4.69) is 47.7 Å². The molecule has 0 aliphatic carbocycles. The minimum atomic E-state index is -1.91. The number of aliphatic hydroxyl groups is 1. The van der Waals surface area contributed by atoms with Crippen molar-refractivity contribution in [3.8, 4) is 0 Å². The van der Waals surface area contributed by atoms with Crippen molar-refractivity contribution in [3.63, 3.8) is 0 Å². The molecule has 2 aliphatic rings. The average molecular weight is 384 g/mol. The Morgan fingerprint density at radius 1 is 1.35 bits per heavy atom. The zero-order chi connectivity index (χ0) is 19.7. The van der Waals surface area contributed by atoms with Crippen LogP contribution in [0.15, 0.2) is 0 Å². The number of aliphatic hydroxyl groups excluding tert-OH is 1. The Hall–Kier alpha value is -0.393. The molecule has 5 atom stereocenters. The van der Waals surface area contributed by atoms with Gasteiger partial charge in [0.15, 0.2) is 8.32 Å². The number of hydrogen-bond donors (Lipinski definition) is 1. The molecular formula is C21H41NO3Si. The van der Waals surface area contributed by atoms with Gasteiger partial charge in [0.25, 0.3) is 0 Å². The maximum Gasteiger partial charge on any atom is 0.228 e. The summed E-state index contributed by atoms with van der Waals surface area (Å²) in [4.78, 5) is 15.1. The van der Waals surface area contributed by atoms with Gasteiger partial charge < -0.3 is 14.4 Å². The fourth-order valence-electron chi connectivity index (χ4n) is 4.23. The summed E-state index contributed by atoms with van der Waals surface area (Å²) >= 11 is 0. The number of unbranched alkanes of at least 4 members (excludes halogenated alkanes) is 1. The lowest BCUT2D eigenvalue weighted by molar-refractivity contribution is -0.152. The van der Waals surface area contributed by atoms with Crippen LogP contribution in [0, 0.1) is 11.8 Å². The number of fused-ring (bicyclic) bond motifs is 1. The molecule has 0 aromatic carbocycles. The molecule has 2 aliphatic heterocycles. The Labute approximate surface area is 161 Å². The molecule has 0 saturated carbocycles. The largest absolute Gasteiger partial charge is 0.412 e. The van der Waals surface area contributed by atoms with E-state index in [-0.39, 0.29) is 34.9 Å². The van der Waals surface area contributed by atoms with E-state index in [1.54, 1.807) is 0 Å². The van der Waals surface area contributed by atoms with Gasteiger partial charge in [0.2, 0.25) is 5.91 Å². The van der Waals surface area contributed by atoms with Crippen LogP contribution in [0.3, 0.4) is 0 Å². The van der Waals surface area contributed by atoms with Crippen molar-refractivity contribution >= 4 is 14.2 Å². The molecule has 2 rings (SSSR count). The van der Waals surface area contributed by atoms with Gasteiger partial charge in [-0.2, -0.15) is 0 Å². The summed E-state index contributed by atoms with van der Waals surface area (Å²) in [6, 6.07) is 0.214. The summed E-state index contributed by atoms with van der Waals surface area (Å²) in [6.07, 6.45) is 5.52. The van der Waals surface area contributed by atoms with E-state index >= 15 is 0 Å². The van der Waals surface area contributed by atoms with Crippen molar-refractivity contribution < 1.29 is 14.3 Å². The molecule has 5 heteroatoms. The molecule has 1 N–H and O–H groups in total. The zero-order valence-electron chi connectivity index (χ0n) is 18.0. The van der Waals surface area contributed by atoms with Crippen LogP contribution in [-0.2, 0) is 9.22 Å². The maximum absolute atomic E-state index is 13.1. The Morgan fingerprint density at radius 2 is 2.00 bits per heavy atom. The van der Waals surface area contributed by atoms with E-state index in [4.69, 9.17) is 4.43 Å². The first-order valence-corrected chi connectivity index (χ1v) is 13.6. The number of hydrogen-bond acceptors (Lipinski definition) is 3. The van der Waals surface area contributed by atoms with Gasteiger partial charge in [0.1, 0.15) is 0 Å². The van der Waals surface area contributed by atoms with Crippen molar-refractivity contribution in [1.82, 2.24) is 4.90 Å². The molecule has 152 valence electrons. The minimum absolute atomic E-state index is 0.0779. The van der Waals surface area contributed by atoms with E-state index in [0.29, 0.717) is 6.42 Å². The van der Waals surface area contributed by atoms with Crippen molar-refractivity contribution in [1.29, 1.82) is 0 Å². The third-order valence-corrected chi connectivity index (χ3v) is 11.6. The third kappa shape index (κ3) is 4.53. The molecule has 0 bridgehead atoms.